The van der Waals surface area contributed by atoms with Gasteiger partial charge in [0.15, 0.2) is 0 Å². The number of aliphatic carboxylic acids is 1. The number of benzene rings is 1. The summed E-state index contributed by atoms with van der Waals surface area (Å²) in [5.74, 6) is -4.92. The minimum atomic E-state index is -1.30. The molecule has 1 aromatic carbocycles. The maximum Gasteiger partial charge on any atom is 0.307 e. The van der Waals surface area contributed by atoms with Gasteiger partial charge in [0.05, 0.1) is 12.3 Å². The molecule has 0 amide bonds. The van der Waals surface area contributed by atoms with Crippen LogP contribution < -0.4 is 0 Å². The van der Waals surface area contributed by atoms with E-state index < -0.39 is 47.9 Å². The molecule has 0 aromatic heterocycles. The van der Waals surface area contributed by atoms with Crippen LogP contribution >= 0.6 is 0 Å². The van der Waals surface area contributed by atoms with Crippen molar-refractivity contribution in [1.29, 1.82) is 0 Å². The molecule has 6 heteroatoms. The Morgan fingerprint density at radius 2 is 1.76 bits per heavy atom. The third-order valence-electron chi connectivity index (χ3n) is 2.69. The Hall–Kier alpha value is -1.98. The van der Waals surface area contributed by atoms with E-state index in [1.54, 1.807) is 20.8 Å². The molecule has 0 aliphatic heterocycles. The molecule has 1 aromatic rings. The van der Waals surface area contributed by atoms with Crippen molar-refractivity contribution < 1.29 is 28.2 Å². The van der Waals surface area contributed by atoms with Gasteiger partial charge in [-0.1, -0.05) is 6.07 Å². The summed E-state index contributed by atoms with van der Waals surface area (Å²) in [4.78, 5) is 22.8. The van der Waals surface area contributed by atoms with E-state index >= 15 is 0 Å². The van der Waals surface area contributed by atoms with Crippen LogP contribution in [-0.4, -0.2) is 22.6 Å². The minimum Gasteiger partial charge on any atom is -0.481 e. The van der Waals surface area contributed by atoms with Crippen LogP contribution in [0.1, 0.15) is 32.8 Å². The second-order valence-electron chi connectivity index (χ2n) is 5.73. The molecule has 0 unspecified atom stereocenters. The molecule has 1 rings (SSSR count). The molecule has 0 bridgehead atoms. The van der Waals surface area contributed by atoms with E-state index in [0.717, 1.165) is 12.1 Å². The molecule has 0 spiro atoms. The van der Waals surface area contributed by atoms with Crippen LogP contribution in [0.15, 0.2) is 18.2 Å². The van der Waals surface area contributed by atoms with Crippen molar-refractivity contribution in [2.24, 2.45) is 5.92 Å². The molecule has 0 fully saturated rings. The Morgan fingerprint density at radius 1 is 1.24 bits per heavy atom. The number of esters is 1. The number of halogens is 2. The topological polar surface area (TPSA) is 63.6 Å². The van der Waals surface area contributed by atoms with Gasteiger partial charge in [0.25, 0.3) is 0 Å². The van der Waals surface area contributed by atoms with Gasteiger partial charge in [-0.3, -0.25) is 9.59 Å². The fraction of sp³-hybridized carbons (Fsp3) is 0.467. The third-order valence-corrected chi connectivity index (χ3v) is 2.69. The van der Waals surface area contributed by atoms with Gasteiger partial charge in [-0.2, -0.15) is 0 Å². The molecule has 4 nitrogen and oxygen atoms in total. The zero-order chi connectivity index (χ0) is 16.2. The van der Waals surface area contributed by atoms with Gasteiger partial charge >= 0.3 is 11.9 Å². The third kappa shape index (κ3) is 5.49. The first-order valence-electron chi connectivity index (χ1n) is 6.47. The fourth-order valence-electron chi connectivity index (χ4n) is 1.80. The van der Waals surface area contributed by atoms with E-state index in [-0.39, 0.29) is 5.56 Å². The van der Waals surface area contributed by atoms with Crippen LogP contribution in [0.3, 0.4) is 0 Å². The van der Waals surface area contributed by atoms with Crippen LogP contribution in [0.25, 0.3) is 0 Å². The van der Waals surface area contributed by atoms with Crippen LogP contribution in [0.4, 0.5) is 8.78 Å². The van der Waals surface area contributed by atoms with E-state index in [4.69, 9.17) is 9.84 Å². The highest BCUT2D eigenvalue weighted by molar-refractivity contribution is 5.79. The first kappa shape index (κ1) is 17.1. The predicted molar refractivity (Wildman–Crippen MR) is 71.6 cm³/mol. The summed E-state index contributed by atoms with van der Waals surface area (Å²) in [5.41, 5.74) is -1.09. The molecule has 0 saturated heterocycles. The van der Waals surface area contributed by atoms with Gasteiger partial charge in [-0.15, -0.1) is 0 Å². The van der Waals surface area contributed by atoms with Crippen molar-refractivity contribution in [3.8, 4) is 0 Å². The molecule has 1 atom stereocenters. The average molecular weight is 300 g/mol. The lowest BCUT2D eigenvalue weighted by Gasteiger charge is -2.21. The first-order chi connectivity index (χ1) is 9.60. The van der Waals surface area contributed by atoms with Crippen molar-refractivity contribution in [2.45, 2.75) is 39.2 Å². The second kappa shape index (κ2) is 6.65. The highest BCUT2D eigenvalue weighted by Crippen LogP contribution is 2.20. The van der Waals surface area contributed by atoms with Gasteiger partial charge in [0.1, 0.15) is 17.2 Å². The van der Waals surface area contributed by atoms with Gasteiger partial charge in [0.2, 0.25) is 0 Å². The maximum atomic E-state index is 13.5. The minimum absolute atomic E-state index is 0.339. The lowest BCUT2D eigenvalue weighted by atomic mass is 9.95. The van der Waals surface area contributed by atoms with Crippen molar-refractivity contribution in [3.63, 3.8) is 0 Å². The maximum absolute atomic E-state index is 13.5. The number of hydrogen-bond donors (Lipinski definition) is 1. The first-order valence-corrected chi connectivity index (χ1v) is 6.47. The van der Waals surface area contributed by atoms with Gasteiger partial charge in [0, 0.05) is 5.56 Å². The molecule has 0 saturated carbocycles. The largest absolute Gasteiger partial charge is 0.481 e. The highest BCUT2D eigenvalue weighted by Gasteiger charge is 2.27. The molecule has 0 heterocycles. The summed E-state index contributed by atoms with van der Waals surface area (Å²) in [6, 6.07) is 3.29. The van der Waals surface area contributed by atoms with Gasteiger partial charge in [-0.05, 0) is 39.3 Å². The number of carboxylic acids is 1. The number of carbonyl (C=O) groups is 2. The molecular weight excluding hydrogens is 282 g/mol. The van der Waals surface area contributed by atoms with E-state index in [1.165, 1.54) is 6.07 Å². The number of ether oxygens (including phenoxy) is 1. The Kier molecular flexibility index (Phi) is 5.41. The quantitative estimate of drug-likeness (QED) is 0.849. The molecular formula is C15H18F2O4. The molecule has 1 N–H and O–H groups in total. The fourth-order valence-corrected chi connectivity index (χ4v) is 1.80. The monoisotopic (exact) mass is 300 g/mol. The Morgan fingerprint density at radius 3 is 2.19 bits per heavy atom. The molecule has 116 valence electrons. The van der Waals surface area contributed by atoms with Gasteiger partial charge < -0.3 is 9.84 Å². The van der Waals surface area contributed by atoms with E-state index in [9.17, 15) is 18.4 Å². The predicted octanol–water partition coefficient (Wildman–Crippen LogP) is 2.94. The Balaban J connectivity index is 2.84. The number of hydrogen-bond acceptors (Lipinski definition) is 3. The number of carboxylic acid groups (broad SMARTS) is 1. The molecule has 0 aliphatic rings. The molecule has 21 heavy (non-hydrogen) atoms. The zero-order valence-electron chi connectivity index (χ0n) is 12.2. The number of carbonyl (C=O) groups excluding carboxylic acids is 1. The SMILES string of the molecule is CC(C)(C)OC(=O)C[C@@H](Cc1c(F)cccc1F)C(=O)O. The van der Waals surface area contributed by atoms with Gasteiger partial charge in [-0.25, -0.2) is 8.78 Å². The van der Waals surface area contributed by atoms with E-state index in [2.05, 4.69) is 0 Å². The standard InChI is InChI=1S/C15H18F2O4/c1-15(2,3)21-13(18)8-9(14(19)20)7-10-11(16)5-4-6-12(10)17/h4-6,9H,7-8H2,1-3H3,(H,19,20)/t9-/m1/s1. The summed E-state index contributed by atoms with van der Waals surface area (Å²) in [5, 5.41) is 9.11. The zero-order valence-corrected chi connectivity index (χ0v) is 12.2. The van der Waals surface area contributed by atoms with Crippen LogP contribution in [0.2, 0.25) is 0 Å². The number of rotatable bonds is 5. The van der Waals surface area contributed by atoms with Crippen molar-refractivity contribution in [2.75, 3.05) is 0 Å². The highest BCUT2D eigenvalue weighted by atomic mass is 19.1. The summed E-state index contributed by atoms with van der Waals surface area (Å²) in [6.45, 7) is 4.95. The lowest BCUT2D eigenvalue weighted by molar-refractivity contribution is -0.159. The molecule has 0 radical (unpaired) electrons. The van der Waals surface area contributed by atoms with Crippen LogP contribution in [0.5, 0.6) is 0 Å². The lowest BCUT2D eigenvalue weighted by Crippen LogP contribution is -2.28. The molecule has 0 aliphatic carbocycles. The smallest absolute Gasteiger partial charge is 0.307 e. The average Bonchev–Trinajstić information content (AvgIpc) is 2.29. The summed E-state index contributed by atoms with van der Waals surface area (Å²) < 4.78 is 32.1. The van der Waals surface area contributed by atoms with E-state index in [0.29, 0.717) is 0 Å². The van der Waals surface area contributed by atoms with Crippen molar-refractivity contribution >= 4 is 11.9 Å². The Bertz CT molecular complexity index is 515. The summed E-state index contributed by atoms with van der Waals surface area (Å²) in [7, 11) is 0. The Labute approximate surface area is 121 Å². The summed E-state index contributed by atoms with van der Waals surface area (Å²) in [6.07, 6.45) is -0.854. The van der Waals surface area contributed by atoms with Crippen LogP contribution in [0, 0.1) is 17.6 Å². The van der Waals surface area contributed by atoms with Crippen molar-refractivity contribution in [1.82, 2.24) is 0 Å². The normalized spacial score (nSPS) is 12.8. The van der Waals surface area contributed by atoms with E-state index in [1.807, 2.05) is 0 Å². The summed E-state index contributed by atoms with van der Waals surface area (Å²) >= 11 is 0. The van der Waals surface area contributed by atoms with Crippen molar-refractivity contribution in [3.05, 3.63) is 35.4 Å². The second-order valence-corrected chi connectivity index (χ2v) is 5.73. The van der Waals surface area contributed by atoms with Crippen LogP contribution in [-0.2, 0) is 20.7 Å².